The standard InChI is InChI=1S/C5H8O.H2O/c1-4-5(2,3)6;/h1,6H,2-3H3;1H2. The maximum atomic E-state index is 8.59. The first-order chi connectivity index (χ1) is 2.56. The Morgan fingerprint density at radius 1 is 1.57 bits per heavy atom. The van der Waals surface area contributed by atoms with Crippen molar-refractivity contribution in [1.29, 1.82) is 0 Å². The van der Waals surface area contributed by atoms with E-state index in [1.807, 2.05) is 0 Å². The SMILES string of the molecule is C#CC(C)(C)O.O. The van der Waals surface area contributed by atoms with Gasteiger partial charge in [0.2, 0.25) is 0 Å². The van der Waals surface area contributed by atoms with Gasteiger partial charge in [0.1, 0.15) is 5.60 Å². The zero-order chi connectivity index (χ0) is 5.21. The molecule has 0 aliphatic carbocycles. The molecule has 0 aromatic heterocycles. The van der Waals surface area contributed by atoms with Gasteiger partial charge in [-0.2, -0.15) is 0 Å². The lowest BCUT2D eigenvalue weighted by Gasteiger charge is -2.04. The quantitative estimate of drug-likeness (QED) is 0.414. The Hall–Kier alpha value is -0.520. The van der Waals surface area contributed by atoms with E-state index >= 15 is 0 Å². The second-order valence-corrected chi connectivity index (χ2v) is 1.70. The van der Waals surface area contributed by atoms with Crippen LogP contribution in [-0.4, -0.2) is 16.2 Å². The average Bonchev–Trinajstić information content (AvgIpc) is 1.35. The van der Waals surface area contributed by atoms with Crippen LogP contribution >= 0.6 is 0 Å². The molecule has 0 unspecified atom stereocenters. The molecule has 0 saturated carbocycles. The van der Waals surface area contributed by atoms with Gasteiger partial charge < -0.3 is 10.6 Å². The van der Waals surface area contributed by atoms with Crippen molar-refractivity contribution >= 4 is 0 Å². The van der Waals surface area contributed by atoms with Crippen molar-refractivity contribution in [3.8, 4) is 12.3 Å². The minimum Gasteiger partial charge on any atom is -0.412 e. The Labute approximate surface area is 43.5 Å². The van der Waals surface area contributed by atoms with E-state index in [9.17, 15) is 0 Å². The summed E-state index contributed by atoms with van der Waals surface area (Å²) in [4.78, 5) is 0. The van der Waals surface area contributed by atoms with E-state index in [4.69, 9.17) is 11.5 Å². The maximum absolute atomic E-state index is 8.59. The Morgan fingerprint density at radius 2 is 1.71 bits per heavy atom. The van der Waals surface area contributed by atoms with Gasteiger partial charge in [-0.25, -0.2) is 0 Å². The molecule has 0 aromatic carbocycles. The summed E-state index contributed by atoms with van der Waals surface area (Å²) < 4.78 is 0. The first-order valence-corrected chi connectivity index (χ1v) is 1.76. The van der Waals surface area contributed by atoms with E-state index in [0.29, 0.717) is 0 Å². The zero-order valence-corrected chi connectivity index (χ0v) is 4.52. The summed E-state index contributed by atoms with van der Waals surface area (Å²) in [5, 5.41) is 8.59. The van der Waals surface area contributed by atoms with Crippen LogP contribution in [-0.2, 0) is 0 Å². The Balaban J connectivity index is 0. The molecule has 0 aliphatic heterocycles. The summed E-state index contributed by atoms with van der Waals surface area (Å²) in [6.45, 7) is 3.12. The molecular weight excluding hydrogens is 92.1 g/mol. The second-order valence-electron chi connectivity index (χ2n) is 1.70. The summed E-state index contributed by atoms with van der Waals surface area (Å²) in [7, 11) is 0. The molecule has 0 aromatic rings. The normalized spacial score (nSPS) is 8.86. The van der Waals surface area contributed by atoms with E-state index in [2.05, 4.69) is 5.92 Å². The lowest BCUT2D eigenvalue weighted by atomic mass is 10.2. The highest BCUT2D eigenvalue weighted by Crippen LogP contribution is 1.93. The van der Waals surface area contributed by atoms with Crippen molar-refractivity contribution in [2.75, 3.05) is 0 Å². The average molecular weight is 102 g/mol. The molecule has 0 saturated heterocycles. The highest BCUT2D eigenvalue weighted by atomic mass is 16.3. The molecule has 0 atom stereocenters. The summed E-state index contributed by atoms with van der Waals surface area (Å²) >= 11 is 0. The topological polar surface area (TPSA) is 51.7 Å². The molecule has 0 heterocycles. The van der Waals surface area contributed by atoms with Crippen LogP contribution < -0.4 is 0 Å². The third kappa shape index (κ3) is 10.8. The fourth-order valence-electron chi connectivity index (χ4n) is 0. The highest BCUT2D eigenvalue weighted by molar-refractivity contribution is 5.00. The van der Waals surface area contributed by atoms with Gasteiger partial charge in [-0.1, -0.05) is 5.92 Å². The van der Waals surface area contributed by atoms with E-state index < -0.39 is 5.60 Å². The van der Waals surface area contributed by atoms with E-state index in [1.54, 1.807) is 13.8 Å². The molecule has 0 radical (unpaired) electrons. The second kappa shape index (κ2) is 2.62. The predicted octanol–water partition coefficient (Wildman–Crippen LogP) is -0.434. The Kier molecular flexibility index (Phi) is 3.63. The largest absolute Gasteiger partial charge is 0.412 e. The van der Waals surface area contributed by atoms with Crippen LogP contribution in [0, 0.1) is 12.3 Å². The fourth-order valence-corrected chi connectivity index (χ4v) is 0. The van der Waals surface area contributed by atoms with Gasteiger partial charge in [-0.05, 0) is 13.8 Å². The molecule has 2 nitrogen and oxygen atoms in total. The van der Waals surface area contributed by atoms with Gasteiger partial charge in [0.15, 0.2) is 0 Å². The summed E-state index contributed by atoms with van der Waals surface area (Å²) in [5.41, 5.74) is -0.931. The van der Waals surface area contributed by atoms with Crippen LogP contribution in [0.15, 0.2) is 0 Å². The molecule has 0 fully saturated rings. The first kappa shape index (κ1) is 9.70. The van der Waals surface area contributed by atoms with Crippen LogP contribution in [0.1, 0.15) is 13.8 Å². The summed E-state index contributed by atoms with van der Waals surface area (Å²) in [5.74, 6) is 2.16. The monoisotopic (exact) mass is 102 g/mol. The number of rotatable bonds is 0. The first-order valence-electron chi connectivity index (χ1n) is 1.76. The van der Waals surface area contributed by atoms with Gasteiger partial charge in [-0.15, -0.1) is 6.42 Å². The van der Waals surface area contributed by atoms with Crippen molar-refractivity contribution in [2.24, 2.45) is 0 Å². The maximum Gasteiger partial charge on any atom is 0.119 e. The molecule has 42 valence electrons. The zero-order valence-electron chi connectivity index (χ0n) is 4.52. The van der Waals surface area contributed by atoms with Crippen LogP contribution in [0.3, 0.4) is 0 Å². The number of hydrogen-bond donors (Lipinski definition) is 1. The molecule has 0 aliphatic rings. The van der Waals surface area contributed by atoms with Crippen molar-refractivity contribution in [1.82, 2.24) is 0 Å². The Bertz CT molecular complexity index is 73.1. The van der Waals surface area contributed by atoms with Crippen molar-refractivity contribution in [2.45, 2.75) is 19.4 Å². The Morgan fingerprint density at radius 3 is 1.71 bits per heavy atom. The molecule has 3 N–H and O–H groups in total. The number of terminal acetylenes is 1. The van der Waals surface area contributed by atoms with E-state index in [0.717, 1.165) is 0 Å². The van der Waals surface area contributed by atoms with Crippen molar-refractivity contribution in [3.63, 3.8) is 0 Å². The molecule has 0 bridgehead atoms. The minimum atomic E-state index is -0.931. The van der Waals surface area contributed by atoms with Gasteiger partial charge >= 0.3 is 0 Å². The van der Waals surface area contributed by atoms with Crippen LogP contribution in [0.25, 0.3) is 0 Å². The van der Waals surface area contributed by atoms with Gasteiger partial charge in [-0.3, -0.25) is 0 Å². The molecule has 0 spiro atoms. The number of aliphatic hydroxyl groups is 1. The predicted molar refractivity (Wildman–Crippen MR) is 28.7 cm³/mol. The van der Waals surface area contributed by atoms with Crippen LogP contribution in [0.2, 0.25) is 0 Å². The van der Waals surface area contributed by atoms with Crippen molar-refractivity contribution < 1.29 is 10.6 Å². The molecule has 7 heavy (non-hydrogen) atoms. The van der Waals surface area contributed by atoms with Crippen LogP contribution in [0.5, 0.6) is 0 Å². The van der Waals surface area contributed by atoms with Gasteiger partial charge in [0, 0.05) is 0 Å². The van der Waals surface area contributed by atoms with Gasteiger partial charge in [0.05, 0.1) is 0 Å². The lowest BCUT2D eigenvalue weighted by Crippen LogP contribution is -2.13. The van der Waals surface area contributed by atoms with E-state index in [1.165, 1.54) is 0 Å². The van der Waals surface area contributed by atoms with E-state index in [-0.39, 0.29) is 5.48 Å². The highest BCUT2D eigenvalue weighted by Gasteiger charge is 2.03. The summed E-state index contributed by atoms with van der Waals surface area (Å²) in [6, 6.07) is 0. The third-order valence-corrected chi connectivity index (χ3v) is 0.353. The molecule has 0 rings (SSSR count). The third-order valence-electron chi connectivity index (χ3n) is 0.353. The molecule has 2 heteroatoms. The smallest absolute Gasteiger partial charge is 0.119 e. The summed E-state index contributed by atoms with van der Waals surface area (Å²) in [6.07, 6.45) is 4.81. The van der Waals surface area contributed by atoms with Crippen LogP contribution in [0.4, 0.5) is 0 Å². The van der Waals surface area contributed by atoms with Gasteiger partial charge in [0.25, 0.3) is 0 Å². The lowest BCUT2D eigenvalue weighted by molar-refractivity contribution is 0.144. The minimum absolute atomic E-state index is 0. The van der Waals surface area contributed by atoms with Crippen molar-refractivity contribution in [3.05, 3.63) is 0 Å². The number of hydrogen-bond acceptors (Lipinski definition) is 1. The molecular formula is C5H10O2. The molecule has 0 amide bonds. The fraction of sp³-hybridized carbons (Fsp3) is 0.600.